The average Bonchev–Trinajstić information content (AvgIpc) is 2.82. The second-order valence-corrected chi connectivity index (χ2v) is 3.24. The molecule has 0 spiro atoms. The summed E-state index contributed by atoms with van der Waals surface area (Å²) in [6.45, 7) is 0. The molecule has 14 heavy (non-hydrogen) atoms. The molecule has 1 aliphatic carbocycles. The molecule has 1 heterocycles. The summed E-state index contributed by atoms with van der Waals surface area (Å²) in [7, 11) is 0. The first-order valence-electron chi connectivity index (χ1n) is 4.14. The summed E-state index contributed by atoms with van der Waals surface area (Å²) in [6.07, 6.45) is -1.95. The molecule has 2 rings (SSSR count). The van der Waals surface area contributed by atoms with Crippen LogP contribution < -0.4 is 0 Å². The van der Waals surface area contributed by atoms with Crippen LogP contribution in [0.15, 0.2) is 6.20 Å². The van der Waals surface area contributed by atoms with E-state index in [0.717, 1.165) is 10.9 Å². The Kier molecular flexibility index (Phi) is 1.87. The summed E-state index contributed by atoms with van der Waals surface area (Å²) in [6, 6.07) is -0.180. The molecule has 1 aromatic rings. The maximum atomic E-state index is 12.5. The minimum absolute atomic E-state index is 0.180. The van der Waals surface area contributed by atoms with Crippen LogP contribution in [0, 0.1) is 0 Å². The summed E-state index contributed by atoms with van der Waals surface area (Å²) < 4.78 is 38.4. The van der Waals surface area contributed by atoms with E-state index in [2.05, 4.69) is 5.10 Å². The minimum Gasteiger partial charge on any atom is -0.298 e. The topological polar surface area (TPSA) is 34.9 Å². The van der Waals surface area contributed by atoms with Crippen LogP contribution in [0.5, 0.6) is 0 Å². The number of carbonyl (C=O) groups excluding carboxylic acids is 1. The van der Waals surface area contributed by atoms with Crippen molar-refractivity contribution in [2.75, 3.05) is 0 Å². The second kappa shape index (κ2) is 2.83. The van der Waals surface area contributed by atoms with Crippen LogP contribution in [0.4, 0.5) is 13.2 Å². The van der Waals surface area contributed by atoms with E-state index >= 15 is 0 Å². The van der Waals surface area contributed by atoms with Crippen molar-refractivity contribution in [3.63, 3.8) is 0 Å². The highest BCUT2D eigenvalue weighted by Gasteiger charge is 2.41. The summed E-state index contributed by atoms with van der Waals surface area (Å²) in [5, 5.41) is 3.58. The highest BCUT2D eigenvalue weighted by molar-refractivity contribution is 5.76. The number of aromatic nitrogens is 2. The molecule has 1 fully saturated rings. The van der Waals surface area contributed by atoms with Gasteiger partial charge in [-0.25, -0.2) is 0 Å². The average molecular weight is 204 g/mol. The molecule has 1 aromatic heterocycles. The normalized spacial score (nSPS) is 17.1. The minimum atomic E-state index is -4.50. The van der Waals surface area contributed by atoms with E-state index in [1.807, 2.05) is 0 Å². The monoisotopic (exact) mass is 204 g/mol. The van der Waals surface area contributed by atoms with Gasteiger partial charge in [0.15, 0.2) is 12.0 Å². The number of halogens is 3. The fourth-order valence-corrected chi connectivity index (χ4v) is 1.35. The lowest BCUT2D eigenvalue weighted by molar-refractivity contribution is -0.144. The van der Waals surface area contributed by atoms with Gasteiger partial charge in [0.2, 0.25) is 0 Å². The fraction of sp³-hybridized carbons (Fsp3) is 0.500. The van der Waals surface area contributed by atoms with Gasteiger partial charge in [-0.05, 0) is 12.8 Å². The second-order valence-electron chi connectivity index (χ2n) is 3.24. The molecule has 0 N–H and O–H groups in total. The van der Waals surface area contributed by atoms with Gasteiger partial charge in [0.05, 0.1) is 17.8 Å². The van der Waals surface area contributed by atoms with Crippen molar-refractivity contribution >= 4 is 6.29 Å². The van der Waals surface area contributed by atoms with E-state index in [-0.39, 0.29) is 17.9 Å². The van der Waals surface area contributed by atoms with Crippen LogP contribution in [0.2, 0.25) is 0 Å². The van der Waals surface area contributed by atoms with Gasteiger partial charge in [-0.2, -0.15) is 18.3 Å². The van der Waals surface area contributed by atoms with Crippen LogP contribution in [-0.2, 0) is 6.18 Å². The van der Waals surface area contributed by atoms with Gasteiger partial charge in [0.25, 0.3) is 0 Å². The van der Waals surface area contributed by atoms with E-state index in [9.17, 15) is 18.0 Å². The summed E-state index contributed by atoms with van der Waals surface area (Å²) in [4.78, 5) is 10.4. The van der Waals surface area contributed by atoms with Crippen LogP contribution >= 0.6 is 0 Å². The maximum Gasteiger partial charge on any atom is 0.433 e. The standard InChI is InChI=1S/C8H7F3N2O/c9-8(10,11)7-5(4-14)3-12-13(7)6-1-2-6/h3-4,6H,1-2H2. The van der Waals surface area contributed by atoms with E-state index in [4.69, 9.17) is 0 Å². The third kappa shape index (κ3) is 1.40. The maximum absolute atomic E-state index is 12.5. The number of hydrogen-bond acceptors (Lipinski definition) is 2. The van der Waals surface area contributed by atoms with Gasteiger partial charge < -0.3 is 0 Å². The Morgan fingerprint density at radius 1 is 1.50 bits per heavy atom. The van der Waals surface area contributed by atoms with Crippen molar-refractivity contribution < 1.29 is 18.0 Å². The van der Waals surface area contributed by atoms with E-state index in [1.165, 1.54) is 0 Å². The molecular formula is C8H7F3N2O. The number of carbonyl (C=O) groups is 1. The van der Waals surface area contributed by atoms with Crippen molar-refractivity contribution in [3.8, 4) is 0 Å². The number of rotatable bonds is 2. The SMILES string of the molecule is O=Cc1cnn(C2CC2)c1C(F)(F)F. The smallest absolute Gasteiger partial charge is 0.298 e. The van der Waals surface area contributed by atoms with Crippen molar-refractivity contribution in [1.29, 1.82) is 0 Å². The number of aldehydes is 1. The first kappa shape index (κ1) is 9.23. The van der Waals surface area contributed by atoms with E-state index in [1.54, 1.807) is 0 Å². The molecule has 0 atom stereocenters. The third-order valence-corrected chi connectivity index (χ3v) is 2.11. The molecule has 0 unspecified atom stereocenters. The van der Waals surface area contributed by atoms with Crippen molar-refractivity contribution in [2.24, 2.45) is 0 Å². The predicted octanol–water partition coefficient (Wildman–Crippen LogP) is 2.05. The molecule has 1 aliphatic rings. The molecule has 1 saturated carbocycles. The Morgan fingerprint density at radius 2 is 2.14 bits per heavy atom. The largest absolute Gasteiger partial charge is 0.433 e. The van der Waals surface area contributed by atoms with Crippen molar-refractivity contribution in [2.45, 2.75) is 25.1 Å². The molecule has 0 saturated heterocycles. The Bertz CT molecular complexity index is 365. The first-order chi connectivity index (χ1) is 6.54. The molecule has 76 valence electrons. The van der Waals surface area contributed by atoms with Crippen LogP contribution in [-0.4, -0.2) is 16.1 Å². The molecule has 3 nitrogen and oxygen atoms in total. The Morgan fingerprint density at radius 3 is 2.57 bits per heavy atom. The number of alkyl halides is 3. The zero-order valence-corrected chi connectivity index (χ0v) is 7.08. The van der Waals surface area contributed by atoms with Gasteiger partial charge in [0.1, 0.15) is 0 Å². The third-order valence-electron chi connectivity index (χ3n) is 2.11. The lowest BCUT2D eigenvalue weighted by atomic mass is 10.2. The van der Waals surface area contributed by atoms with Gasteiger partial charge in [-0.1, -0.05) is 0 Å². The molecular weight excluding hydrogens is 197 g/mol. The van der Waals surface area contributed by atoms with Crippen molar-refractivity contribution in [3.05, 3.63) is 17.5 Å². The van der Waals surface area contributed by atoms with Gasteiger partial charge in [0, 0.05) is 0 Å². The quantitative estimate of drug-likeness (QED) is 0.691. The molecule has 0 aromatic carbocycles. The fourth-order valence-electron chi connectivity index (χ4n) is 1.35. The first-order valence-corrected chi connectivity index (χ1v) is 4.14. The van der Waals surface area contributed by atoms with Crippen LogP contribution in [0.25, 0.3) is 0 Å². The zero-order chi connectivity index (χ0) is 10.3. The molecule has 0 aliphatic heterocycles. The van der Waals surface area contributed by atoms with E-state index < -0.39 is 11.9 Å². The molecule has 0 bridgehead atoms. The Labute approximate surface area is 77.5 Å². The summed E-state index contributed by atoms with van der Waals surface area (Å²) in [5.41, 5.74) is -1.31. The van der Waals surface area contributed by atoms with Gasteiger partial charge in [-0.3, -0.25) is 9.48 Å². The lowest BCUT2D eigenvalue weighted by Gasteiger charge is -2.09. The predicted molar refractivity (Wildman–Crippen MR) is 40.9 cm³/mol. The Balaban J connectivity index is 2.50. The highest BCUT2D eigenvalue weighted by Crippen LogP contribution is 2.40. The summed E-state index contributed by atoms with van der Waals surface area (Å²) >= 11 is 0. The van der Waals surface area contributed by atoms with E-state index in [0.29, 0.717) is 12.8 Å². The highest BCUT2D eigenvalue weighted by atomic mass is 19.4. The van der Waals surface area contributed by atoms with Gasteiger partial charge in [-0.15, -0.1) is 0 Å². The zero-order valence-electron chi connectivity index (χ0n) is 7.08. The van der Waals surface area contributed by atoms with Crippen LogP contribution in [0.1, 0.15) is 34.9 Å². The lowest BCUT2D eigenvalue weighted by Crippen LogP contribution is -2.15. The Hall–Kier alpha value is -1.33. The number of hydrogen-bond donors (Lipinski definition) is 0. The number of nitrogens with zero attached hydrogens (tertiary/aromatic N) is 2. The summed E-state index contributed by atoms with van der Waals surface area (Å²) in [5.74, 6) is 0. The molecule has 6 heteroatoms. The molecule has 0 amide bonds. The van der Waals surface area contributed by atoms with Gasteiger partial charge >= 0.3 is 6.18 Å². The van der Waals surface area contributed by atoms with Crippen LogP contribution in [0.3, 0.4) is 0 Å². The van der Waals surface area contributed by atoms with Crippen molar-refractivity contribution in [1.82, 2.24) is 9.78 Å². The molecule has 0 radical (unpaired) electrons.